The van der Waals surface area contributed by atoms with Crippen LogP contribution in [0.5, 0.6) is 5.75 Å². The van der Waals surface area contributed by atoms with Crippen LogP contribution in [0.3, 0.4) is 0 Å². The lowest BCUT2D eigenvalue weighted by molar-refractivity contribution is 0.334. The fourth-order valence-corrected chi connectivity index (χ4v) is 3.73. The van der Waals surface area contributed by atoms with E-state index in [0.29, 0.717) is 14.8 Å². The van der Waals surface area contributed by atoms with Crippen molar-refractivity contribution in [3.8, 4) is 5.75 Å². The molecule has 0 aromatic heterocycles. The van der Waals surface area contributed by atoms with E-state index in [1.54, 1.807) is 30.3 Å². The maximum Gasteiger partial charge on any atom is 0.410 e. The quantitative estimate of drug-likeness (QED) is 0.520. The smallest absolute Gasteiger partial charge is 0.410 e. The average molecular weight is 396 g/mol. The Morgan fingerprint density at radius 1 is 1.10 bits per heavy atom. The lowest BCUT2D eigenvalue weighted by atomic mass is 10.3. The second kappa shape index (κ2) is 6.50. The topological polar surface area (TPSA) is 35.5 Å². The minimum atomic E-state index is -3.49. The molecule has 3 nitrogen and oxygen atoms in total. The monoisotopic (exact) mass is 394 g/mol. The fourth-order valence-electron chi connectivity index (χ4n) is 1.51. The Labute approximate surface area is 135 Å². The molecule has 1 unspecified atom stereocenters. The van der Waals surface area contributed by atoms with Gasteiger partial charge in [-0.3, -0.25) is 4.52 Å². The van der Waals surface area contributed by atoms with E-state index in [0.717, 1.165) is 0 Å². The summed E-state index contributed by atoms with van der Waals surface area (Å²) in [6.07, 6.45) is 0. The molecule has 0 aliphatic rings. The van der Waals surface area contributed by atoms with E-state index in [1.807, 2.05) is 6.07 Å². The molecule has 20 heavy (non-hydrogen) atoms. The zero-order valence-corrected chi connectivity index (χ0v) is 14.3. The highest BCUT2D eigenvalue weighted by Gasteiger charge is 2.28. The van der Waals surface area contributed by atoms with Gasteiger partial charge in [-0.25, -0.2) is 4.57 Å². The summed E-state index contributed by atoms with van der Waals surface area (Å²) in [5.74, 6) is 0.203. The summed E-state index contributed by atoms with van der Waals surface area (Å²) in [5.41, 5.74) is 0. The summed E-state index contributed by atoms with van der Waals surface area (Å²) in [6, 6.07) is 11.7. The van der Waals surface area contributed by atoms with Crippen molar-refractivity contribution in [3.05, 3.63) is 57.0 Å². The summed E-state index contributed by atoms with van der Waals surface area (Å²) in [4.78, 5) is 0. The normalized spacial score (nSPS) is 13.8. The van der Waals surface area contributed by atoms with Crippen LogP contribution in [0.4, 0.5) is 0 Å². The van der Waals surface area contributed by atoms with Crippen molar-refractivity contribution in [1.29, 1.82) is 0 Å². The summed E-state index contributed by atoms with van der Waals surface area (Å²) in [7, 11) is -2.17. The van der Waals surface area contributed by atoms with Crippen LogP contribution in [-0.4, -0.2) is 7.11 Å². The summed E-state index contributed by atoms with van der Waals surface area (Å²) >= 11 is 15.3. The van der Waals surface area contributed by atoms with E-state index >= 15 is 0 Å². The van der Waals surface area contributed by atoms with Crippen molar-refractivity contribution in [3.63, 3.8) is 0 Å². The molecule has 0 saturated carbocycles. The highest BCUT2D eigenvalue weighted by Crippen LogP contribution is 2.49. The Bertz CT molecular complexity index is 664. The molecule has 0 bridgehead atoms. The van der Waals surface area contributed by atoms with Gasteiger partial charge in [-0.05, 0) is 34.1 Å². The molecule has 0 spiro atoms. The molecule has 7 heteroatoms. The van der Waals surface area contributed by atoms with Crippen LogP contribution < -0.4 is 9.83 Å². The number of hydrogen-bond acceptors (Lipinski definition) is 3. The lowest BCUT2D eigenvalue weighted by Gasteiger charge is -2.18. The molecule has 106 valence electrons. The number of hydrogen-bond donors (Lipinski definition) is 0. The largest absolute Gasteiger partial charge is 0.420 e. The van der Waals surface area contributed by atoms with Gasteiger partial charge in [-0.1, -0.05) is 41.4 Å². The van der Waals surface area contributed by atoms with Gasteiger partial charge in [-0.2, -0.15) is 0 Å². The van der Waals surface area contributed by atoms with E-state index < -0.39 is 7.60 Å². The van der Waals surface area contributed by atoms with Crippen molar-refractivity contribution in [2.24, 2.45) is 0 Å². The zero-order chi connectivity index (χ0) is 14.8. The number of rotatable bonds is 4. The van der Waals surface area contributed by atoms with Gasteiger partial charge in [0.05, 0.1) is 15.3 Å². The number of halogens is 3. The van der Waals surface area contributed by atoms with Crippen LogP contribution >= 0.6 is 46.7 Å². The highest BCUT2D eigenvalue weighted by molar-refractivity contribution is 9.10. The Balaban J connectivity index is 2.41. The zero-order valence-electron chi connectivity index (χ0n) is 10.3. The maximum absolute atomic E-state index is 12.7. The molecule has 2 rings (SSSR count). The predicted octanol–water partition coefficient (Wildman–Crippen LogP) is 5.30. The molecular formula is C13H10BrCl2O3P. The van der Waals surface area contributed by atoms with E-state index in [4.69, 9.17) is 32.2 Å². The Kier molecular flexibility index (Phi) is 5.16. The van der Waals surface area contributed by atoms with E-state index in [2.05, 4.69) is 15.9 Å². The molecule has 0 radical (unpaired) electrons. The second-order valence-corrected chi connectivity index (χ2v) is 7.53. The van der Waals surface area contributed by atoms with Crippen LogP contribution in [0.25, 0.3) is 0 Å². The minimum absolute atomic E-state index is 0.203. The first-order valence-electron chi connectivity index (χ1n) is 5.52. The highest BCUT2D eigenvalue weighted by atomic mass is 79.9. The molecule has 0 heterocycles. The van der Waals surface area contributed by atoms with Gasteiger partial charge in [0.25, 0.3) is 0 Å². The molecule has 1 atom stereocenters. The average Bonchev–Trinajstić information content (AvgIpc) is 2.45. The molecule has 0 aliphatic heterocycles. The van der Waals surface area contributed by atoms with Crippen molar-refractivity contribution < 1.29 is 13.6 Å². The number of benzene rings is 2. The Morgan fingerprint density at radius 2 is 1.75 bits per heavy atom. The predicted molar refractivity (Wildman–Crippen MR) is 85.5 cm³/mol. The van der Waals surface area contributed by atoms with Crippen molar-refractivity contribution in [2.45, 2.75) is 0 Å². The van der Waals surface area contributed by atoms with Crippen LogP contribution in [0, 0.1) is 0 Å². The summed E-state index contributed by atoms with van der Waals surface area (Å²) in [5, 5.41) is 1.13. The first-order chi connectivity index (χ1) is 9.46. The van der Waals surface area contributed by atoms with Gasteiger partial charge in [0.1, 0.15) is 5.75 Å². The first-order valence-corrected chi connectivity index (χ1v) is 8.61. The van der Waals surface area contributed by atoms with Crippen LogP contribution in [0.2, 0.25) is 10.0 Å². The van der Waals surface area contributed by atoms with E-state index in [-0.39, 0.29) is 10.8 Å². The van der Waals surface area contributed by atoms with E-state index in [1.165, 1.54) is 13.2 Å². The van der Waals surface area contributed by atoms with Crippen LogP contribution in [0.1, 0.15) is 0 Å². The van der Waals surface area contributed by atoms with Crippen molar-refractivity contribution in [2.75, 3.05) is 7.11 Å². The van der Waals surface area contributed by atoms with Crippen molar-refractivity contribution in [1.82, 2.24) is 0 Å². The molecule has 0 aliphatic carbocycles. The third-order valence-corrected chi connectivity index (χ3v) is 5.85. The maximum atomic E-state index is 12.7. The molecular weight excluding hydrogens is 386 g/mol. The Hall–Kier alpha value is -0.510. The molecule has 2 aromatic rings. The van der Waals surface area contributed by atoms with Crippen LogP contribution in [0.15, 0.2) is 46.9 Å². The first kappa shape index (κ1) is 15.9. The van der Waals surface area contributed by atoms with E-state index in [9.17, 15) is 4.57 Å². The van der Waals surface area contributed by atoms with Gasteiger partial charge in [0.2, 0.25) is 0 Å². The standard InChI is InChI=1S/C13H10BrCl2O3P/c1-18-20(17,9-5-3-2-4-6-9)19-13-8-11(15)10(14)7-12(13)16/h2-8H,1H3. The third-order valence-electron chi connectivity index (χ3n) is 2.51. The molecule has 0 saturated heterocycles. The molecule has 0 fully saturated rings. The molecule has 0 amide bonds. The van der Waals surface area contributed by atoms with Gasteiger partial charge in [0, 0.05) is 17.6 Å². The van der Waals surface area contributed by atoms with Crippen molar-refractivity contribution >= 4 is 52.0 Å². The lowest BCUT2D eigenvalue weighted by Crippen LogP contribution is -2.10. The van der Waals surface area contributed by atoms with Gasteiger partial charge < -0.3 is 4.52 Å². The van der Waals surface area contributed by atoms with Gasteiger partial charge >= 0.3 is 7.60 Å². The molecule has 2 aromatic carbocycles. The van der Waals surface area contributed by atoms with Gasteiger partial charge in [-0.15, -0.1) is 0 Å². The minimum Gasteiger partial charge on any atom is -0.420 e. The van der Waals surface area contributed by atoms with Gasteiger partial charge in [0.15, 0.2) is 0 Å². The summed E-state index contributed by atoms with van der Waals surface area (Å²) < 4.78 is 23.9. The summed E-state index contributed by atoms with van der Waals surface area (Å²) in [6.45, 7) is 0. The van der Waals surface area contributed by atoms with Crippen LogP contribution in [-0.2, 0) is 9.09 Å². The molecule has 0 N–H and O–H groups in total. The second-order valence-electron chi connectivity index (χ2n) is 3.80. The SMILES string of the molecule is COP(=O)(Oc1cc(Cl)c(Br)cc1Cl)c1ccccc1. The Morgan fingerprint density at radius 3 is 2.35 bits per heavy atom. The fraction of sp³-hybridized carbons (Fsp3) is 0.0769. The third kappa shape index (κ3) is 3.38.